The van der Waals surface area contributed by atoms with E-state index in [1.165, 1.54) is 6.92 Å². The van der Waals surface area contributed by atoms with Gasteiger partial charge in [0, 0.05) is 17.9 Å². The van der Waals surface area contributed by atoms with Gasteiger partial charge in [0.25, 0.3) is 0 Å². The molecule has 0 bridgehead atoms. The van der Waals surface area contributed by atoms with Crippen molar-refractivity contribution in [2.45, 2.75) is 19.9 Å². The zero-order valence-electron chi connectivity index (χ0n) is 11.3. The first kappa shape index (κ1) is 14.7. The fourth-order valence-corrected chi connectivity index (χ4v) is 2.20. The third-order valence-electron chi connectivity index (χ3n) is 2.78. The molecular weight excluding hydrogens is 322 g/mol. The molecule has 1 aromatic heterocycles. The fraction of sp³-hybridized carbons (Fsp3) is 0.357. The summed E-state index contributed by atoms with van der Waals surface area (Å²) in [5.41, 5.74) is 1.55. The van der Waals surface area contributed by atoms with Gasteiger partial charge in [-0.15, -0.1) is 5.10 Å². The number of alkyl halides is 1. The summed E-state index contributed by atoms with van der Waals surface area (Å²) in [5.74, 6) is 0.613. The van der Waals surface area contributed by atoms with Crippen molar-refractivity contribution in [1.82, 2.24) is 15.0 Å². The first-order chi connectivity index (χ1) is 9.70. The smallest absolute Gasteiger partial charge is 0.163 e. The Labute approximate surface area is 126 Å². The summed E-state index contributed by atoms with van der Waals surface area (Å²) in [6, 6.07) is 7.24. The average Bonchev–Trinajstić information content (AvgIpc) is 2.87. The summed E-state index contributed by atoms with van der Waals surface area (Å²) in [6.45, 7) is 2.58. The van der Waals surface area contributed by atoms with E-state index in [4.69, 9.17) is 4.74 Å². The van der Waals surface area contributed by atoms with Gasteiger partial charge in [0.2, 0.25) is 0 Å². The minimum atomic E-state index is 0.000892. The van der Waals surface area contributed by atoms with Gasteiger partial charge in [-0.05, 0) is 19.1 Å². The van der Waals surface area contributed by atoms with Crippen molar-refractivity contribution in [3.8, 4) is 5.75 Å². The summed E-state index contributed by atoms with van der Waals surface area (Å²) < 4.78 is 7.40. The molecule has 20 heavy (non-hydrogen) atoms. The highest BCUT2D eigenvalue weighted by molar-refractivity contribution is 9.09. The van der Waals surface area contributed by atoms with E-state index in [9.17, 15) is 4.79 Å². The van der Waals surface area contributed by atoms with Crippen LogP contribution >= 0.6 is 15.9 Å². The number of halogens is 1. The minimum absolute atomic E-state index is 0.000892. The van der Waals surface area contributed by atoms with Crippen LogP contribution in [0.4, 0.5) is 0 Å². The van der Waals surface area contributed by atoms with E-state index in [1.54, 1.807) is 16.8 Å². The van der Waals surface area contributed by atoms with Crippen LogP contribution in [0.2, 0.25) is 0 Å². The predicted molar refractivity (Wildman–Crippen MR) is 79.5 cm³/mol. The van der Waals surface area contributed by atoms with Gasteiger partial charge in [0.1, 0.15) is 12.4 Å². The van der Waals surface area contributed by atoms with Crippen LogP contribution in [0.25, 0.3) is 0 Å². The number of nitrogens with zero attached hydrogens (tertiary/aromatic N) is 3. The third kappa shape index (κ3) is 3.90. The lowest BCUT2D eigenvalue weighted by molar-refractivity contribution is 0.101. The number of aryl methyl sites for hydroxylation is 1. The standard InChI is InChI=1S/C14H16BrN3O2/c1-11(19)13-4-2-3-5-14(13)20-9-8-18-10-12(6-7-15)16-17-18/h2-5,10H,6-9H2,1H3. The van der Waals surface area contributed by atoms with Gasteiger partial charge in [-0.1, -0.05) is 33.3 Å². The van der Waals surface area contributed by atoms with E-state index >= 15 is 0 Å². The molecule has 106 valence electrons. The maximum absolute atomic E-state index is 11.5. The maximum Gasteiger partial charge on any atom is 0.163 e. The number of Topliss-reactive ketones (excluding diaryl/α,β-unsaturated/α-hetero) is 1. The summed E-state index contributed by atoms with van der Waals surface area (Å²) in [6.07, 6.45) is 2.76. The van der Waals surface area contributed by atoms with Crippen LogP contribution in [0.3, 0.4) is 0 Å². The van der Waals surface area contributed by atoms with Crippen LogP contribution in [-0.2, 0) is 13.0 Å². The third-order valence-corrected chi connectivity index (χ3v) is 3.18. The van der Waals surface area contributed by atoms with Crippen molar-refractivity contribution < 1.29 is 9.53 Å². The van der Waals surface area contributed by atoms with Gasteiger partial charge in [-0.2, -0.15) is 0 Å². The molecule has 1 heterocycles. The van der Waals surface area contributed by atoms with E-state index in [0.29, 0.717) is 24.5 Å². The molecule has 5 nitrogen and oxygen atoms in total. The van der Waals surface area contributed by atoms with Crippen LogP contribution < -0.4 is 4.74 Å². The molecule has 0 aliphatic heterocycles. The molecule has 0 radical (unpaired) electrons. The molecule has 0 N–H and O–H groups in total. The van der Waals surface area contributed by atoms with E-state index in [2.05, 4.69) is 26.2 Å². The average molecular weight is 338 g/mol. The SMILES string of the molecule is CC(=O)c1ccccc1OCCn1cc(CCBr)nn1. The lowest BCUT2D eigenvalue weighted by Crippen LogP contribution is -2.10. The summed E-state index contributed by atoms with van der Waals surface area (Å²) in [5, 5.41) is 8.94. The van der Waals surface area contributed by atoms with Gasteiger partial charge < -0.3 is 4.74 Å². The Bertz CT molecular complexity index is 583. The summed E-state index contributed by atoms with van der Waals surface area (Å²) >= 11 is 3.37. The van der Waals surface area contributed by atoms with Crippen LogP contribution in [-0.4, -0.2) is 32.7 Å². The molecule has 0 saturated heterocycles. The van der Waals surface area contributed by atoms with Gasteiger partial charge in [0.05, 0.1) is 17.8 Å². The zero-order valence-corrected chi connectivity index (χ0v) is 12.8. The zero-order chi connectivity index (χ0) is 14.4. The van der Waals surface area contributed by atoms with Gasteiger partial charge in [-0.25, -0.2) is 4.68 Å². The Balaban J connectivity index is 1.91. The molecule has 6 heteroatoms. The number of ether oxygens (including phenoxy) is 1. The highest BCUT2D eigenvalue weighted by Crippen LogP contribution is 2.18. The number of para-hydroxylation sites is 1. The molecule has 0 unspecified atom stereocenters. The van der Waals surface area contributed by atoms with Crippen molar-refractivity contribution in [3.05, 3.63) is 41.7 Å². The second-order valence-corrected chi connectivity index (χ2v) is 5.11. The van der Waals surface area contributed by atoms with Crippen molar-refractivity contribution in [2.75, 3.05) is 11.9 Å². The Morgan fingerprint density at radius 1 is 1.40 bits per heavy atom. The Kier molecular flexibility index (Phi) is 5.29. The highest BCUT2D eigenvalue weighted by Gasteiger charge is 2.07. The Hall–Kier alpha value is -1.69. The molecule has 0 saturated carbocycles. The Morgan fingerprint density at radius 2 is 2.20 bits per heavy atom. The number of rotatable bonds is 7. The normalized spacial score (nSPS) is 10.5. The second-order valence-electron chi connectivity index (χ2n) is 4.31. The van der Waals surface area contributed by atoms with Crippen LogP contribution in [0.15, 0.2) is 30.5 Å². The van der Waals surface area contributed by atoms with E-state index in [-0.39, 0.29) is 5.78 Å². The predicted octanol–water partition coefficient (Wildman–Crippen LogP) is 2.50. The number of aromatic nitrogens is 3. The molecule has 2 aromatic rings. The molecule has 1 aromatic carbocycles. The molecule has 0 fully saturated rings. The number of ketones is 1. The van der Waals surface area contributed by atoms with Gasteiger partial charge in [0.15, 0.2) is 5.78 Å². The maximum atomic E-state index is 11.5. The first-order valence-electron chi connectivity index (χ1n) is 6.38. The number of hydrogen-bond donors (Lipinski definition) is 0. The van der Waals surface area contributed by atoms with E-state index in [1.807, 2.05) is 18.3 Å². The van der Waals surface area contributed by atoms with Crippen LogP contribution in [0.5, 0.6) is 5.75 Å². The molecule has 0 amide bonds. The van der Waals surface area contributed by atoms with Crippen LogP contribution in [0, 0.1) is 0 Å². The monoisotopic (exact) mass is 337 g/mol. The van der Waals surface area contributed by atoms with Crippen molar-refractivity contribution in [2.24, 2.45) is 0 Å². The quantitative estimate of drug-likeness (QED) is 0.575. The van der Waals surface area contributed by atoms with Crippen molar-refractivity contribution in [1.29, 1.82) is 0 Å². The lowest BCUT2D eigenvalue weighted by Gasteiger charge is -2.09. The molecule has 0 spiro atoms. The van der Waals surface area contributed by atoms with Crippen molar-refractivity contribution in [3.63, 3.8) is 0 Å². The number of hydrogen-bond acceptors (Lipinski definition) is 4. The van der Waals surface area contributed by atoms with E-state index in [0.717, 1.165) is 17.4 Å². The molecule has 0 aliphatic rings. The first-order valence-corrected chi connectivity index (χ1v) is 7.50. The largest absolute Gasteiger partial charge is 0.491 e. The summed E-state index contributed by atoms with van der Waals surface area (Å²) in [7, 11) is 0. The van der Waals surface area contributed by atoms with Gasteiger partial charge in [-0.3, -0.25) is 4.79 Å². The topological polar surface area (TPSA) is 57.0 Å². The van der Waals surface area contributed by atoms with Crippen molar-refractivity contribution >= 4 is 21.7 Å². The summed E-state index contributed by atoms with van der Waals surface area (Å²) in [4.78, 5) is 11.5. The fourth-order valence-electron chi connectivity index (χ4n) is 1.79. The van der Waals surface area contributed by atoms with Gasteiger partial charge >= 0.3 is 0 Å². The lowest BCUT2D eigenvalue weighted by atomic mass is 10.1. The molecule has 0 atom stereocenters. The molecular formula is C14H16BrN3O2. The molecule has 2 rings (SSSR count). The second kappa shape index (κ2) is 7.19. The Morgan fingerprint density at radius 3 is 2.95 bits per heavy atom. The number of carbonyl (C=O) groups excluding carboxylic acids is 1. The van der Waals surface area contributed by atoms with Crippen LogP contribution in [0.1, 0.15) is 23.0 Å². The number of benzene rings is 1. The highest BCUT2D eigenvalue weighted by atomic mass is 79.9. The minimum Gasteiger partial charge on any atom is -0.491 e. The van der Waals surface area contributed by atoms with E-state index < -0.39 is 0 Å². The number of carbonyl (C=O) groups is 1. The molecule has 0 aliphatic carbocycles.